The first-order valence-corrected chi connectivity index (χ1v) is 14.3. The van der Waals surface area contributed by atoms with Gasteiger partial charge in [0.05, 0.1) is 18.7 Å². The lowest BCUT2D eigenvalue weighted by Crippen LogP contribution is -2.51. The van der Waals surface area contributed by atoms with Gasteiger partial charge in [-0.25, -0.2) is 18.0 Å². The number of benzene rings is 3. The third kappa shape index (κ3) is 6.84. The molecule has 0 saturated carbocycles. The normalized spacial score (nSPS) is 15.0. The summed E-state index contributed by atoms with van der Waals surface area (Å²) in [7, 11) is 0. The minimum Gasteiger partial charge on any atom is -0.363 e. The van der Waals surface area contributed by atoms with Crippen molar-refractivity contribution in [2.45, 2.75) is 38.8 Å². The molecule has 1 atom stereocenters. The van der Waals surface area contributed by atoms with Gasteiger partial charge >= 0.3 is 11.9 Å². The standard InChI is InChI=1S/C32H31F6N5O2/c1-20-29(41-14-12-40(13-15-41)17-21-10-11-27(35)24(16-21)32(36,37)38)30(44)43(19-28(39)22-6-3-2-4-7-22)31(45)42(20)18-23-25(33)8-5-9-26(23)34/h2-11,16,28H,12-15,17-19,39H2,1H3/t28-/m0/s1. The van der Waals surface area contributed by atoms with E-state index in [1.807, 2.05) is 4.90 Å². The lowest BCUT2D eigenvalue weighted by Gasteiger charge is -2.37. The van der Waals surface area contributed by atoms with Crippen LogP contribution in [-0.2, 0) is 25.8 Å². The lowest BCUT2D eigenvalue weighted by atomic mass is 10.1. The van der Waals surface area contributed by atoms with Gasteiger partial charge in [-0.3, -0.25) is 18.8 Å². The zero-order valence-electron chi connectivity index (χ0n) is 24.3. The van der Waals surface area contributed by atoms with E-state index in [9.17, 15) is 35.9 Å². The van der Waals surface area contributed by atoms with Gasteiger partial charge in [-0.05, 0) is 42.3 Å². The van der Waals surface area contributed by atoms with Crippen LogP contribution in [0.4, 0.5) is 32.0 Å². The van der Waals surface area contributed by atoms with E-state index >= 15 is 0 Å². The summed E-state index contributed by atoms with van der Waals surface area (Å²) in [6, 6.07) is 14.4. The van der Waals surface area contributed by atoms with Gasteiger partial charge in [-0.15, -0.1) is 0 Å². The van der Waals surface area contributed by atoms with Gasteiger partial charge < -0.3 is 10.6 Å². The summed E-state index contributed by atoms with van der Waals surface area (Å²) in [6.07, 6.45) is -4.83. The summed E-state index contributed by atoms with van der Waals surface area (Å²) in [5.41, 5.74) is 4.65. The quantitative estimate of drug-likeness (QED) is 0.282. The Balaban J connectivity index is 1.46. The molecule has 7 nitrogen and oxygen atoms in total. The second-order valence-electron chi connectivity index (χ2n) is 11.0. The van der Waals surface area contributed by atoms with Crippen LogP contribution in [0.25, 0.3) is 0 Å². The van der Waals surface area contributed by atoms with E-state index in [0.29, 0.717) is 18.7 Å². The first kappa shape index (κ1) is 32.0. The molecule has 0 amide bonds. The lowest BCUT2D eigenvalue weighted by molar-refractivity contribution is -0.140. The molecule has 0 unspecified atom stereocenters. The Morgan fingerprint density at radius 3 is 2.07 bits per heavy atom. The van der Waals surface area contributed by atoms with Crippen molar-refractivity contribution in [1.82, 2.24) is 14.0 Å². The van der Waals surface area contributed by atoms with E-state index in [2.05, 4.69) is 0 Å². The first-order valence-electron chi connectivity index (χ1n) is 14.3. The molecule has 0 spiro atoms. The molecule has 4 aromatic rings. The van der Waals surface area contributed by atoms with Gasteiger partial charge in [0.25, 0.3) is 5.56 Å². The fourth-order valence-corrected chi connectivity index (χ4v) is 5.62. The molecule has 2 N–H and O–H groups in total. The highest BCUT2D eigenvalue weighted by molar-refractivity contribution is 5.50. The van der Waals surface area contributed by atoms with Gasteiger partial charge in [0.15, 0.2) is 0 Å². The number of nitrogens with zero attached hydrogens (tertiary/aromatic N) is 4. The molecule has 1 aliphatic heterocycles. The Labute approximate surface area is 254 Å². The minimum absolute atomic E-state index is 0.123. The molecule has 2 heterocycles. The van der Waals surface area contributed by atoms with Gasteiger partial charge in [0.1, 0.15) is 23.1 Å². The number of hydrogen-bond acceptors (Lipinski definition) is 5. The van der Waals surface area contributed by atoms with Crippen molar-refractivity contribution in [3.05, 3.63) is 133 Å². The fourth-order valence-electron chi connectivity index (χ4n) is 5.62. The van der Waals surface area contributed by atoms with E-state index in [-0.39, 0.29) is 48.7 Å². The summed E-state index contributed by atoms with van der Waals surface area (Å²) in [4.78, 5) is 31.2. The minimum atomic E-state index is -4.83. The zero-order valence-corrected chi connectivity index (χ0v) is 24.3. The van der Waals surface area contributed by atoms with E-state index in [4.69, 9.17) is 5.73 Å². The SMILES string of the molecule is Cc1c(N2CCN(Cc3ccc(F)c(C(F)(F)F)c3)CC2)c(=O)n(C[C@H](N)c2ccccc2)c(=O)n1Cc1c(F)cccc1F. The summed E-state index contributed by atoms with van der Waals surface area (Å²) < 4.78 is 84.8. The van der Waals surface area contributed by atoms with Crippen LogP contribution in [0, 0.1) is 24.4 Å². The summed E-state index contributed by atoms with van der Waals surface area (Å²) in [6.45, 7) is 2.19. The van der Waals surface area contributed by atoms with Gasteiger partial charge in [-0.2, -0.15) is 13.2 Å². The van der Waals surface area contributed by atoms with E-state index in [1.54, 1.807) is 35.2 Å². The molecule has 13 heteroatoms. The molecule has 1 saturated heterocycles. The Bertz CT molecular complexity index is 1780. The molecule has 0 bridgehead atoms. The maximum absolute atomic E-state index is 14.7. The number of rotatable bonds is 8. The second-order valence-corrected chi connectivity index (χ2v) is 11.0. The maximum Gasteiger partial charge on any atom is 0.419 e. The summed E-state index contributed by atoms with van der Waals surface area (Å²) in [5, 5.41) is 0. The van der Waals surface area contributed by atoms with Crippen molar-refractivity contribution in [3.8, 4) is 0 Å². The highest BCUT2D eigenvalue weighted by Crippen LogP contribution is 2.32. The summed E-state index contributed by atoms with van der Waals surface area (Å²) in [5.74, 6) is -3.03. The molecule has 5 rings (SSSR count). The molecule has 0 radical (unpaired) electrons. The number of aromatic nitrogens is 2. The Morgan fingerprint density at radius 1 is 0.800 bits per heavy atom. The second kappa shape index (κ2) is 12.9. The number of nitrogens with two attached hydrogens (primary N) is 1. The van der Waals surface area contributed by atoms with Crippen LogP contribution in [0.1, 0.15) is 34.0 Å². The molecule has 0 aliphatic carbocycles. The van der Waals surface area contributed by atoms with Crippen molar-refractivity contribution in [1.29, 1.82) is 0 Å². The van der Waals surface area contributed by atoms with Gasteiger partial charge in [0.2, 0.25) is 0 Å². The first-order chi connectivity index (χ1) is 21.3. The fraction of sp³-hybridized carbons (Fsp3) is 0.312. The molecule has 1 aromatic heterocycles. The van der Waals surface area contributed by atoms with Crippen molar-refractivity contribution in [3.63, 3.8) is 0 Å². The van der Waals surface area contributed by atoms with Crippen LogP contribution in [0.15, 0.2) is 76.3 Å². The van der Waals surface area contributed by atoms with Crippen LogP contribution < -0.4 is 21.9 Å². The number of alkyl halides is 3. The molecule has 1 aliphatic rings. The highest BCUT2D eigenvalue weighted by Gasteiger charge is 2.34. The van der Waals surface area contributed by atoms with Crippen LogP contribution in [0.5, 0.6) is 0 Å². The van der Waals surface area contributed by atoms with Crippen LogP contribution in [-0.4, -0.2) is 40.2 Å². The predicted molar refractivity (Wildman–Crippen MR) is 157 cm³/mol. The average Bonchev–Trinajstić information content (AvgIpc) is 3.00. The maximum atomic E-state index is 14.7. The number of halogens is 6. The van der Waals surface area contributed by atoms with E-state index < -0.39 is 53.0 Å². The van der Waals surface area contributed by atoms with Crippen molar-refractivity contribution < 1.29 is 26.3 Å². The highest BCUT2D eigenvalue weighted by atomic mass is 19.4. The molecule has 3 aromatic carbocycles. The van der Waals surface area contributed by atoms with Gasteiger partial charge in [-0.1, -0.05) is 42.5 Å². The number of anilines is 1. The molecule has 238 valence electrons. The largest absolute Gasteiger partial charge is 0.419 e. The predicted octanol–water partition coefficient (Wildman–Crippen LogP) is 4.83. The van der Waals surface area contributed by atoms with Crippen molar-refractivity contribution in [2.75, 3.05) is 31.1 Å². The Hall–Kier alpha value is -4.36. The van der Waals surface area contributed by atoms with Crippen LogP contribution in [0.3, 0.4) is 0 Å². The third-order valence-electron chi connectivity index (χ3n) is 8.07. The smallest absolute Gasteiger partial charge is 0.363 e. The summed E-state index contributed by atoms with van der Waals surface area (Å²) >= 11 is 0. The third-order valence-corrected chi connectivity index (χ3v) is 8.07. The number of hydrogen-bond donors (Lipinski definition) is 1. The van der Waals surface area contributed by atoms with Crippen molar-refractivity contribution >= 4 is 5.69 Å². The van der Waals surface area contributed by atoms with Crippen LogP contribution in [0.2, 0.25) is 0 Å². The van der Waals surface area contributed by atoms with E-state index in [0.717, 1.165) is 33.4 Å². The zero-order chi connectivity index (χ0) is 32.5. The van der Waals surface area contributed by atoms with Crippen molar-refractivity contribution in [2.24, 2.45) is 5.73 Å². The van der Waals surface area contributed by atoms with Crippen LogP contribution >= 0.6 is 0 Å². The Morgan fingerprint density at radius 2 is 1.44 bits per heavy atom. The average molecular weight is 632 g/mol. The molecular weight excluding hydrogens is 600 g/mol. The molecule has 45 heavy (non-hydrogen) atoms. The topological polar surface area (TPSA) is 76.5 Å². The molecule has 1 fully saturated rings. The molecular formula is C32H31F6N5O2. The van der Waals surface area contributed by atoms with E-state index in [1.165, 1.54) is 19.1 Å². The Kier molecular flexibility index (Phi) is 9.21. The monoisotopic (exact) mass is 631 g/mol. The van der Waals surface area contributed by atoms with Gasteiger partial charge in [0, 0.05) is 50.0 Å². The number of piperazine rings is 1.